The molecular weight excluding hydrogens is 320 g/mol. The minimum absolute atomic E-state index is 0.00771. The van der Waals surface area contributed by atoms with Crippen LogP contribution in [0.25, 0.3) is 5.69 Å². The molecule has 24 heavy (non-hydrogen) atoms. The van der Waals surface area contributed by atoms with Gasteiger partial charge in [0.05, 0.1) is 5.69 Å². The van der Waals surface area contributed by atoms with Crippen molar-refractivity contribution in [3.63, 3.8) is 0 Å². The number of hydrogen-bond donors (Lipinski definition) is 0. The second kappa shape index (κ2) is 7.31. The number of carbonyl (C=O) groups excluding carboxylic acids is 1. The topological polar surface area (TPSA) is 51.0 Å². The second-order valence-corrected chi connectivity index (χ2v) is 6.44. The third kappa shape index (κ3) is 3.83. The molecule has 3 rings (SSSR count). The number of hydrogen-bond acceptors (Lipinski definition) is 4. The van der Waals surface area contributed by atoms with E-state index in [1.807, 2.05) is 54.6 Å². The summed E-state index contributed by atoms with van der Waals surface area (Å²) in [5.41, 5.74) is 2.75. The molecule has 0 aliphatic rings. The van der Waals surface area contributed by atoms with Crippen LogP contribution in [-0.2, 0) is 5.75 Å². The number of para-hydroxylation sites is 1. The van der Waals surface area contributed by atoms with Crippen LogP contribution in [0.5, 0.6) is 0 Å². The Hall–Kier alpha value is -2.60. The molecule has 0 radical (unpaired) electrons. The van der Waals surface area contributed by atoms with E-state index in [2.05, 4.69) is 10.1 Å². The predicted molar refractivity (Wildman–Crippen MR) is 95.4 cm³/mol. The van der Waals surface area contributed by atoms with Crippen molar-refractivity contribution in [1.29, 1.82) is 0 Å². The van der Waals surface area contributed by atoms with Gasteiger partial charge in [-0.2, -0.15) is 0 Å². The Morgan fingerprint density at radius 1 is 1.12 bits per heavy atom. The van der Waals surface area contributed by atoms with Crippen molar-refractivity contribution in [2.45, 2.75) is 10.9 Å². The first-order chi connectivity index (χ1) is 11.6. The maximum Gasteiger partial charge on any atom is 0.253 e. The number of rotatable bonds is 5. The summed E-state index contributed by atoms with van der Waals surface area (Å²) >= 11 is 1.55. The lowest BCUT2D eigenvalue weighted by atomic mass is 10.1. The zero-order chi connectivity index (χ0) is 16.9. The van der Waals surface area contributed by atoms with Crippen LogP contribution in [0.15, 0.2) is 66.1 Å². The van der Waals surface area contributed by atoms with Crippen molar-refractivity contribution in [3.8, 4) is 5.69 Å². The molecule has 3 aromatic rings. The van der Waals surface area contributed by atoms with Gasteiger partial charge in [-0.1, -0.05) is 42.1 Å². The highest BCUT2D eigenvalue weighted by Gasteiger charge is 2.09. The Morgan fingerprint density at radius 3 is 2.67 bits per heavy atom. The molecule has 1 aromatic heterocycles. The molecule has 0 unspecified atom stereocenters. The van der Waals surface area contributed by atoms with Crippen LogP contribution in [0.4, 0.5) is 0 Å². The minimum atomic E-state index is 0.00771. The Morgan fingerprint density at radius 2 is 1.92 bits per heavy atom. The van der Waals surface area contributed by atoms with Crippen LogP contribution in [0.2, 0.25) is 0 Å². The average molecular weight is 338 g/mol. The normalized spacial score (nSPS) is 10.6. The van der Waals surface area contributed by atoms with Crippen LogP contribution in [0.3, 0.4) is 0 Å². The Balaban J connectivity index is 1.67. The summed E-state index contributed by atoms with van der Waals surface area (Å²) < 4.78 is 1.76. The molecule has 122 valence electrons. The third-order valence-electron chi connectivity index (χ3n) is 3.44. The number of nitrogens with zero attached hydrogens (tertiary/aromatic N) is 4. The van der Waals surface area contributed by atoms with Crippen molar-refractivity contribution < 1.29 is 4.79 Å². The van der Waals surface area contributed by atoms with Crippen LogP contribution in [0, 0.1) is 0 Å². The quantitative estimate of drug-likeness (QED) is 0.670. The van der Waals surface area contributed by atoms with E-state index in [4.69, 9.17) is 0 Å². The fourth-order valence-corrected chi connectivity index (χ4v) is 2.96. The van der Waals surface area contributed by atoms with Crippen LogP contribution >= 0.6 is 11.8 Å². The molecule has 1 amide bonds. The SMILES string of the molecule is CN(C)C(=O)c1cccc(CSc2ncn(-c3ccccc3)n2)c1. The number of thioether (sulfide) groups is 1. The van der Waals surface area contributed by atoms with Crippen molar-refractivity contribution in [2.75, 3.05) is 14.1 Å². The summed E-state index contributed by atoms with van der Waals surface area (Å²) in [7, 11) is 3.51. The highest BCUT2D eigenvalue weighted by molar-refractivity contribution is 7.98. The maximum atomic E-state index is 12.0. The molecule has 5 nitrogen and oxygen atoms in total. The zero-order valence-electron chi connectivity index (χ0n) is 13.6. The van der Waals surface area contributed by atoms with Gasteiger partial charge in [-0.05, 0) is 29.8 Å². The highest BCUT2D eigenvalue weighted by atomic mass is 32.2. The molecule has 0 aliphatic carbocycles. The van der Waals surface area contributed by atoms with E-state index in [1.165, 1.54) is 0 Å². The summed E-state index contributed by atoms with van der Waals surface area (Å²) in [4.78, 5) is 17.9. The van der Waals surface area contributed by atoms with Crippen molar-refractivity contribution >= 4 is 17.7 Å². The van der Waals surface area contributed by atoms with E-state index < -0.39 is 0 Å². The monoisotopic (exact) mass is 338 g/mol. The predicted octanol–water partition coefficient (Wildman–Crippen LogP) is 3.26. The van der Waals surface area contributed by atoms with E-state index in [0.717, 1.165) is 11.3 Å². The third-order valence-corrected chi connectivity index (χ3v) is 4.36. The fourth-order valence-electron chi connectivity index (χ4n) is 2.22. The van der Waals surface area contributed by atoms with Gasteiger partial charge in [0.15, 0.2) is 0 Å². The molecule has 2 aromatic carbocycles. The Kier molecular flexibility index (Phi) is 4.96. The molecule has 0 fully saturated rings. The first-order valence-electron chi connectivity index (χ1n) is 7.54. The molecule has 0 spiro atoms. The summed E-state index contributed by atoms with van der Waals surface area (Å²) in [6.45, 7) is 0. The van der Waals surface area contributed by atoms with Gasteiger partial charge >= 0.3 is 0 Å². The molecular formula is C18H18N4OS. The molecule has 1 heterocycles. The number of amides is 1. The summed E-state index contributed by atoms with van der Waals surface area (Å²) in [5, 5.41) is 5.19. The molecule has 0 bridgehead atoms. The standard InChI is InChI=1S/C18H18N4OS/c1-21(2)17(23)15-8-6-7-14(11-15)12-24-18-19-13-22(20-18)16-9-4-3-5-10-16/h3-11,13H,12H2,1-2H3. The molecule has 0 saturated heterocycles. The molecule has 0 saturated carbocycles. The van der Waals surface area contributed by atoms with Crippen molar-refractivity contribution in [2.24, 2.45) is 0 Å². The lowest BCUT2D eigenvalue weighted by Gasteiger charge is -2.10. The van der Waals surface area contributed by atoms with Crippen LogP contribution in [-0.4, -0.2) is 39.7 Å². The van der Waals surface area contributed by atoms with Gasteiger partial charge in [0.1, 0.15) is 6.33 Å². The molecule has 0 N–H and O–H groups in total. The van der Waals surface area contributed by atoms with Gasteiger partial charge in [-0.15, -0.1) is 5.10 Å². The average Bonchev–Trinajstić information content (AvgIpc) is 3.09. The summed E-state index contributed by atoms with van der Waals surface area (Å²) in [5.74, 6) is 0.723. The van der Waals surface area contributed by atoms with E-state index >= 15 is 0 Å². The summed E-state index contributed by atoms with van der Waals surface area (Å²) in [6, 6.07) is 17.5. The van der Waals surface area contributed by atoms with Gasteiger partial charge in [0, 0.05) is 25.4 Å². The lowest BCUT2D eigenvalue weighted by Crippen LogP contribution is -2.21. The first-order valence-corrected chi connectivity index (χ1v) is 8.52. The molecule has 6 heteroatoms. The Labute approximate surface area is 145 Å². The molecule has 0 atom stereocenters. The lowest BCUT2D eigenvalue weighted by molar-refractivity contribution is 0.0827. The van der Waals surface area contributed by atoms with Gasteiger partial charge < -0.3 is 4.90 Å². The number of carbonyl (C=O) groups is 1. The Bertz CT molecular complexity index is 830. The minimum Gasteiger partial charge on any atom is -0.345 e. The molecule has 0 aliphatic heterocycles. The maximum absolute atomic E-state index is 12.0. The van der Waals surface area contributed by atoms with Crippen LogP contribution in [0.1, 0.15) is 15.9 Å². The fraction of sp³-hybridized carbons (Fsp3) is 0.167. The smallest absolute Gasteiger partial charge is 0.253 e. The van der Waals surface area contributed by atoms with Crippen molar-refractivity contribution in [1.82, 2.24) is 19.7 Å². The second-order valence-electron chi connectivity index (χ2n) is 5.50. The van der Waals surface area contributed by atoms with Gasteiger partial charge in [0.25, 0.3) is 5.91 Å². The number of aromatic nitrogens is 3. The number of benzene rings is 2. The van der Waals surface area contributed by atoms with Gasteiger partial charge in [0.2, 0.25) is 5.16 Å². The largest absolute Gasteiger partial charge is 0.345 e. The van der Waals surface area contributed by atoms with E-state index in [1.54, 1.807) is 41.8 Å². The van der Waals surface area contributed by atoms with E-state index in [0.29, 0.717) is 16.5 Å². The van der Waals surface area contributed by atoms with Crippen molar-refractivity contribution in [3.05, 3.63) is 72.1 Å². The van der Waals surface area contributed by atoms with Gasteiger partial charge in [-0.3, -0.25) is 4.79 Å². The zero-order valence-corrected chi connectivity index (χ0v) is 14.4. The van der Waals surface area contributed by atoms with Gasteiger partial charge in [-0.25, -0.2) is 9.67 Å². The van der Waals surface area contributed by atoms with E-state index in [-0.39, 0.29) is 5.91 Å². The van der Waals surface area contributed by atoms with E-state index in [9.17, 15) is 4.79 Å². The van der Waals surface area contributed by atoms with Crippen LogP contribution < -0.4 is 0 Å². The highest BCUT2D eigenvalue weighted by Crippen LogP contribution is 2.20. The summed E-state index contributed by atoms with van der Waals surface area (Å²) in [6.07, 6.45) is 1.71. The first kappa shape index (κ1) is 16.3.